The van der Waals surface area contributed by atoms with Crippen molar-refractivity contribution in [3.8, 4) is 0 Å². The normalized spacial score (nSPS) is 19.8. The topological polar surface area (TPSA) is 87.2 Å². The van der Waals surface area contributed by atoms with Crippen LogP contribution in [0.4, 0.5) is 14.9 Å². The van der Waals surface area contributed by atoms with Crippen molar-refractivity contribution in [2.24, 2.45) is 0 Å². The van der Waals surface area contributed by atoms with E-state index in [0.717, 1.165) is 38.5 Å². The van der Waals surface area contributed by atoms with Crippen molar-refractivity contribution in [3.63, 3.8) is 0 Å². The number of benzene rings is 1. The van der Waals surface area contributed by atoms with Crippen LogP contribution in [-0.4, -0.2) is 39.6 Å². The highest BCUT2D eigenvalue weighted by Gasteiger charge is 2.34. The van der Waals surface area contributed by atoms with E-state index < -0.39 is 11.7 Å². The summed E-state index contributed by atoms with van der Waals surface area (Å²) in [6, 6.07) is 5.72. The zero-order valence-electron chi connectivity index (χ0n) is 15.4. The summed E-state index contributed by atoms with van der Waals surface area (Å²) < 4.78 is 13.3. The SMILES string of the molecule is O=C(Nc1cccc(F)c1)c1nnc(C2CCCN2C(=O)NC2CCCC2)s1. The molecule has 1 aromatic heterocycles. The molecule has 1 atom stereocenters. The fourth-order valence-electron chi connectivity index (χ4n) is 3.81. The number of hydrogen-bond acceptors (Lipinski definition) is 5. The molecule has 1 unspecified atom stereocenters. The van der Waals surface area contributed by atoms with Gasteiger partial charge in [-0.05, 0) is 43.9 Å². The van der Waals surface area contributed by atoms with E-state index in [1.165, 1.54) is 29.5 Å². The molecule has 148 valence electrons. The second kappa shape index (κ2) is 8.22. The molecule has 1 aliphatic carbocycles. The van der Waals surface area contributed by atoms with Gasteiger partial charge in [0.1, 0.15) is 10.8 Å². The molecule has 1 saturated carbocycles. The van der Waals surface area contributed by atoms with E-state index in [2.05, 4.69) is 20.8 Å². The van der Waals surface area contributed by atoms with Gasteiger partial charge in [-0.15, -0.1) is 10.2 Å². The first-order chi connectivity index (χ1) is 13.6. The highest BCUT2D eigenvalue weighted by molar-refractivity contribution is 7.13. The number of likely N-dealkylation sites (tertiary alicyclic amines) is 1. The molecule has 2 aliphatic rings. The van der Waals surface area contributed by atoms with Gasteiger partial charge in [0, 0.05) is 18.3 Å². The third kappa shape index (κ3) is 4.14. The third-order valence-corrected chi connectivity index (χ3v) is 6.22. The van der Waals surface area contributed by atoms with E-state index in [1.807, 2.05) is 0 Å². The summed E-state index contributed by atoms with van der Waals surface area (Å²) in [6.07, 6.45) is 6.09. The molecule has 2 heterocycles. The number of nitrogens with one attached hydrogen (secondary N) is 2. The van der Waals surface area contributed by atoms with Crippen LogP contribution in [0.2, 0.25) is 0 Å². The first kappa shape index (κ1) is 18.8. The van der Waals surface area contributed by atoms with Gasteiger partial charge in [0.05, 0.1) is 6.04 Å². The predicted octanol–water partition coefficient (Wildman–Crippen LogP) is 3.72. The molecule has 2 aromatic rings. The van der Waals surface area contributed by atoms with Crippen molar-refractivity contribution in [3.05, 3.63) is 40.1 Å². The highest BCUT2D eigenvalue weighted by Crippen LogP contribution is 2.34. The zero-order chi connectivity index (χ0) is 19.5. The Labute approximate surface area is 166 Å². The van der Waals surface area contributed by atoms with Gasteiger partial charge in [-0.1, -0.05) is 30.2 Å². The van der Waals surface area contributed by atoms with Crippen molar-refractivity contribution >= 4 is 29.0 Å². The molecule has 28 heavy (non-hydrogen) atoms. The summed E-state index contributed by atoms with van der Waals surface area (Å²) in [7, 11) is 0. The molecule has 7 nitrogen and oxygen atoms in total. The van der Waals surface area contributed by atoms with Crippen molar-refractivity contribution in [1.82, 2.24) is 20.4 Å². The molecule has 9 heteroatoms. The second-order valence-electron chi connectivity index (χ2n) is 7.19. The Morgan fingerprint density at radius 3 is 2.75 bits per heavy atom. The number of aromatic nitrogens is 2. The van der Waals surface area contributed by atoms with Crippen LogP contribution in [0.15, 0.2) is 24.3 Å². The highest BCUT2D eigenvalue weighted by atomic mass is 32.1. The molecular formula is C19H22FN5O2S. The molecular weight excluding hydrogens is 381 g/mol. The Morgan fingerprint density at radius 2 is 1.96 bits per heavy atom. The van der Waals surface area contributed by atoms with Gasteiger partial charge in [0.2, 0.25) is 5.01 Å². The Hall–Kier alpha value is -2.55. The molecule has 2 N–H and O–H groups in total. The number of rotatable bonds is 4. The largest absolute Gasteiger partial charge is 0.335 e. The lowest BCUT2D eigenvalue weighted by Gasteiger charge is -2.25. The van der Waals surface area contributed by atoms with Crippen molar-refractivity contribution < 1.29 is 14.0 Å². The van der Waals surface area contributed by atoms with Gasteiger partial charge in [-0.3, -0.25) is 4.79 Å². The number of nitrogens with zero attached hydrogens (tertiary/aromatic N) is 3. The van der Waals surface area contributed by atoms with Gasteiger partial charge >= 0.3 is 6.03 Å². The minimum absolute atomic E-state index is 0.0598. The standard InChI is InChI=1S/C19H22FN5O2S/c20-12-5-3-8-14(11-12)21-16(26)18-24-23-17(28-18)15-9-4-10-25(15)19(27)22-13-6-1-2-7-13/h3,5,8,11,13,15H,1-2,4,6-7,9-10H2,(H,21,26)(H,22,27). The maximum Gasteiger partial charge on any atom is 0.318 e. The molecule has 0 bridgehead atoms. The van der Waals surface area contributed by atoms with Crippen LogP contribution in [0, 0.1) is 5.82 Å². The average Bonchev–Trinajstić information content (AvgIpc) is 3.42. The van der Waals surface area contributed by atoms with Crippen LogP contribution in [-0.2, 0) is 0 Å². The predicted molar refractivity (Wildman–Crippen MR) is 104 cm³/mol. The molecule has 0 radical (unpaired) electrons. The molecule has 0 spiro atoms. The quantitative estimate of drug-likeness (QED) is 0.815. The fourth-order valence-corrected chi connectivity index (χ4v) is 4.69. The van der Waals surface area contributed by atoms with Crippen LogP contribution >= 0.6 is 11.3 Å². The summed E-state index contributed by atoms with van der Waals surface area (Å²) >= 11 is 1.18. The van der Waals surface area contributed by atoms with Crippen LogP contribution in [0.5, 0.6) is 0 Å². The number of carbonyl (C=O) groups is 2. The van der Waals surface area contributed by atoms with E-state index in [1.54, 1.807) is 11.0 Å². The van der Waals surface area contributed by atoms with Crippen molar-refractivity contribution in [2.45, 2.75) is 50.6 Å². The Morgan fingerprint density at radius 1 is 1.14 bits per heavy atom. The van der Waals surface area contributed by atoms with Gasteiger partial charge in [-0.2, -0.15) is 0 Å². The first-order valence-electron chi connectivity index (χ1n) is 9.57. The minimum Gasteiger partial charge on any atom is -0.335 e. The monoisotopic (exact) mass is 403 g/mol. The van der Waals surface area contributed by atoms with Crippen LogP contribution in [0.25, 0.3) is 0 Å². The van der Waals surface area contributed by atoms with Crippen molar-refractivity contribution in [2.75, 3.05) is 11.9 Å². The minimum atomic E-state index is -0.436. The number of amides is 3. The Bertz CT molecular complexity index is 868. The van der Waals surface area contributed by atoms with E-state index in [9.17, 15) is 14.0 Å². The summed E-state index contributed by atoms with van der Waals surface area (Å²) in [6.45, 7) is 0.674. The van der Waals surface area contributed by atoms with E-state index in [-0.39, 0.29) is 23.1 Å². The Kier molecular flexibility index (Phi) is 5.52. The Balaban J connectivity index is 1.42. The average molecular weight is 403 g/mol. The fraction of sp³-hybridized carbons (Fsp3) is 0.474. The lowest BCUT2D eigenvalue weighted by atomic mass is 10.2. The van der Waals surface area contributed by atoms with Gasteiger partial charge in [0.25, 0.3) is 5.91 Å². The van der Waals surface area contributed by atoms with Crippen LogP contribution in [0.1, 0.15) is 59.4 Å². The molecule has 1 aliphatic heterocycles. The number of urea groups is 1. The smallest absolute Gasteiger partial charge is 0.318 e. The van der Waals surface area contributed by atoms with Crippen LogP contribution < -0.4 is 10.6 Å². The first-order valence-corrected chi connectivity index (χ1v) is 10.4. The number of halogens is 1. The maximum atomic E-state index is 13.3. The molecule has 1 saturated heterocycles. The summed E-state index contributed by atoms with van der Waals surface area (Å²) in [5.74, 6) is -0.861. The molecule has 1 aromatic carbocycles. The lowest BCUT2D eigenvalue weighted by Crippen LogP contribution is -2.43. The summed E-state index contributed by atoms with van der Waals surface area (Å²) in [4.78, 5) is 26.8. The summed E-state index contributed by atoms with van der Waals surface area (Å²) in [5, 5.41) is 14.7. The van der Waals surface area contributed by atoms with Gasteiger partial charge in [0.15, 0.2) is 0 Å². The maximum absolute atomic E-state index is 13.3. The van der Waals surface area contributed by atoms with E-state index in [4.69, 9.17) is 0 Å². The van der Waals surface area contributed by atoms with E-state index in [0.29, 0.717) is 17.2 Å². The molecule has 2 fully saturated rings. The lowest BCUT2D eigenvalue weighted by molar-refractivity contribution is 0.102. The number of hydrogen-bond donors (Lipinski definition) is 2. The van der Waals surface area contributed by atoms with Gasteiger partial charge in [-0.25, -0.2) is 9.18 Å². The number of carbonyl (C=O) groups excluding carboxylic acids is 2. The molecule has 4 rings (SSSR count). The molecule has 3 amide bonds. The summed E-state index contributed by atoms with van der Waals surface area (Å²) in [5.41, 5.74) is 0.361. The third-order valence-electron chi connectivity index (χ3n) is 5.20. The van der Waals surface area contributed by atoms with Gasteiger partial charge < -0.3 is 15.5 Å². The van der Waals surface area contributed by atoms with Crippen molar-refractivity contribution in [1.29, 1.82) is 0 Å². The number of anilines is 1. The zero-order valence-corrected chi connectivity index (χ0v) is 16.2. The second-order valence-corrected chi connectivity index (χ2v) is 8.20. The van der Waals surface area contributed by atoms with E-state index >= 15 is 0 Å². The van der Waals surface area contributed by atoms with Crippen LogP contribution in [0.3, 0.4) is 0 Å².